The minimum absolute atomic E-state index is 0.142. The van der Waals surface area contributed by atoms with Gasteiger partial charge in [0.1, 0.15) is 12.0 Å². The lowest BCUT2D eigenvalue weighted by molar-refractivity contribution is -0.152. The van der Waals surface area contributed by atoms with Gasteiger partial charge in [-0.25, -0.2) is 0 Å². The van der Waals surface area contributed by atoms with Crippen molar-refractivity contribution in [1.29, 1.82) is 0 Å². The summed E-state index contributed by atoms with van der Waals surface area (Å²) in [6.45, 7) is 2.17. The highest BCUT2D eigenvalue weighted by Crippen LogP contribution is 2.35. The van der Waals surface area contributed by atoms with Gasteiger partial charge in [-0.15, -0.1) is 0 Å². The standard InChI is InChI=1S/C12H15NO4/c1-2-16-12(15)10-9(14)7-17-11(10)8-4-3-5-13-6-8/h3-6,9-11,14H,2,7H2,1H3/t9-,10-,11+/m0/s1. The van der Waals surface area contributed by atoms with Crippen LogP contribution in [0.15, 0.2) is 24.5 Å². The zero-order valence-electron chi connectivity index (χ0n) is 9.57. The van der Waals surface area contributed by atoms with Crippen molar-refractivity contribution in [3.63, 3.8) is 0 Å². The van der Waals surface area contributed by atoms with Crippen LogP contribution in [0.25, 0.3) is 0 Å². The van der Waals surface area contributed by atoms with Gasteiger partial charge in [0.15, 0.2) is 0 Å². The fourth-order valence-electron chi connectivity index (χ4n) is 1.98. The summed E-state index contributed by atoms with van der Waals surface area (Å²) in [4.78, 5) is 15.7. The lowest BCUT2D eigenvalue weighted by Crippen LogP contribution is -2.30. The Kier molecular flexibility index (Phi) is 3.71. The molecule has 92 valence electrons. The number of aliphatic hydroxyl groups is 1. The van der Waals surface area contributed by atoms with Crippen LogP contribution in [0.5, 0.6) is 0 Å². The van der Waals surface area contributed by atoms with E-state index in [2.05, 4.69) is 4.98 Å². The highest BCUT2D eigenvalue weighted by Gasteiger charge is 2.43. The molecule has 17 heavy (non-hydrogen) atoms. The minimum Gasteiger partial charge on any atom is -0.466 e. The molecule has 0 unspecified atom stereocenters. The summed E-state index contributed by atoms with van der Waals surface area (Å²) in [5, 5.41) is 9.77. The van der Waals surface area contributed by atoms with E-state index in [4.69, 9.17) is 9.47 Å². The third-order valence-corrected chi connectivity index (χ3v) is 2.76. The largest absolute Gasteiger partial charge is 0.466 e. The van der Waals surface area contributed by atoms with Crippen molar-refractivity contribution in [3.8, 4) is 0 Å². The van der Waals surface area contributed by atoms with Gasteiger partial charge >= 0.3 is 5.97 Å². The van der Waals surface area contributed by atoms with Crippen LogP contribution >= 0.6 is 0 Å². The predicted molar refractivity (Wildman–Crippen MR) is 59.1 cm³/mol. The highest BCUT2D eigenvalue weighted by atomic mass is 16.5. The van der Waals surface area contributed by atoms with Gasteiger partial charge < -0.3 is 14.6 Å². The van der Waals surface area contributed by atoms with Crippen molar-refractivity contribution < 1.29 is 19.4 Å². The van der Waals surface area contributed by atoms with E-state index in [1.165, 1.54) is 0 Å². The van der Waals surface area contributed by atoms with Gasteiger partial charge in [-0.2, -0.15) is 0 Å². The first kappa shape index (κ1) is 12.0. The van der Waals surface area contributed by atoms with E-state index in [0.29, 0.717) is 6.61 Å². The number of rotatable bonds is 3. The first-order valence-corrected chi connectivity index (χ1v) is 5.60. The minimum atomic E-state index is -0.820. The molecule has 0 amide bonds. The zero-order chi connectivity index (χ0) is 12.3. The number of esters is 1. The lowest BCUT2D eigenvalue weighted by atomic mass is 9.94. The Balaban J connectivity index is 2.19. The molecule has 0 aliphatic carbocycles. The van der Waals surface area contributed by atoms with Crippen LogP contribution in [0.4, 0.5) is 0 Å². The van der Waals surface area contributed by atoms with Crippen LogP contribution in [0.2, 0.25) is 0 Å². The third-order valence-electron chi connectivity index (χ3n) is 2.76. The lowest BCUT2D eigenvalue weighted by Gasteiger charge is -2.18. The molecule has 2 rings (SSSR count). The number of carbonyl (C=O) groups excluding carboxylic acids is 1. The SMILES string of the molecule is CCOC(=O)[C@@H]1[C@@H](c2cccnc2)OC[C@@H]1O. The van der Waals surface area contributed by atoms with Gasteiger partial charge in [0.05, 0.1) is 19.3 Å². The van der Waals surface area contributed by atoms with Crippen molar-refractivity contribution in [2.24, 2.45) is 5.92 Å². The van der Waals surface area contributed by atoms with E-state index in [9.17, 15) is 9.90 Å². The molecule has 1 aromatic heterocycles. The second-order valence-corrected chi connectivity index (χ2v) is 3.89. The van der Waals surface area contributed by atoms with Crippen LogP contribution < -0.4 is 0 Å². The van der Waals surface area contributed by atoms with Crippen molar-refractivity contribution in [2.75, 3.05) is 13.2 Å². The molecule has 2 heterocycles. The van der Waals surface area contributed by atoms with Gasteiger partial charge in [0.2, 0.25) is 0 Å². The van der Waals surface area contributed by atoms with Crippen LogP contribution in [-0.4, -0.2) is 35.4 Å². The monoisotopic (exact) mass is 237 g/mol. The first-order chi connectivity index (χ1) is 8.24. The van der Waals surface area contributed by atoms with E-state index < -0.39 is 24.1 Å². The number of hydrogen-bond acceptors (Lipinski definition) is 5. The molecule has 1 aromatic rings. The molecular weight excluding hydrogens is 222 g/mol. The average Bonchev–Trinajstić information content (AvgIpc) is 2.73. The molecule has 0 bridgehead atoms. The highest BCUT2D eigenvalue weighted by molar-refractivity contribution is 5.74. The Morgan fingerprint density at radius 2 is 2.53 bits per heavy atom. The van der Waals surface area contributed by atoms with Gasteiger partial charge in [0, 0.05) is 18.0 Å². The first-order valence-electron chi connectivity index (χ1n) is 5.60. The molecule has 1 aliphatic rings. The number of hydrogen-bond donors (Lipinski definition) is 1. The van der Waals surface area contributed by atoms with E-state index in [0.717, 1.165) is 5.56 Å². The molecule has 1 N–H and O–H groups in total. The number of ether oxygens (including phenoxy) is 2. The van der Waals surface area contributed by atoms with E-state index >= 15 is 0 Å². The molecule has 1 saturated heterocycles. The van der Waals surface area contributed by atoms with Crippen molar-refractivity contribution >= 4 is 5.97 Å². The molecule has 0 spiro atoms. The van der Waals surface area contributed by atoms with Crippen LogP contribution in [0.1, 0.15) is 18.6 Å². The number of aliphatic hydroxyl groups excluding tert-OH is 1. The molecular formula is C12H15NO4. The molecule has 0 saturated carbocycles. The van der Waals surface area contributed by atoms with Gasteiger partial charge in [-0.1, -0.05) is 6.07 Å². The van der Waals surface area contributed by atoms with Gasteiger partial charge in [-0.3, -0.25) is 9.78 Å². The van der Waals surface area contributed by atoms with Crippen molar-refractivity contribution in [1.82, 2.24) is 4.98 Å². The maximum absolute atomic E-state index is 11.8. The fraction of sp³-hybridized carbons (Fsp3) is 0.500. The molecule has 1 aliphatic heterocycles. The smallest absolute Gasteiger partial charge is 0.314 e. The maximum atomic E-state index is 11.8. The maximum Gasteiger partial charge on any atom is 0.314 e. The van der Waals surface area contributed by atoms with Crippen molar-refractivity contribution in [3.05, 3.63) is 30.1 Å². The summed E-state index contributed by atoms with van der Waals surface area (Å²) < 4.78 is 10.4. The number of aromatic nitrogens is 1. The Hall–Kier alpha value is -1.46. The molecule has 0 radical (unpaired) electrons. The van der Waals surface area contributed by atoms with Gasteiger partial charge in [0.25, 0.3) is 0 Å². The van der Waals surface area contributed by atoms with Gasteiger partial charge in [-0.05, 0) is 13.0 Å². The summed E-state index contributed by atoms with van der Waals surface area (Å²) in [5.41, 5.74) is 0.780. The number of pyridine rings is 1. The van der Waals surface area contributed by atoms with Crippen LogP contribution in [0.3, 0.4) is 0 Å². The second kappa shape index (κ2) is 5.25. The van der Waals surface area contributed by atoms with Crippen molar-refractivity contribution in [2.45, 2.75) is 19.1 Å². The molecule has 0 aromatic carbocycles. The number of carbonyl (C=O) groups is 1. The Labute approximate surface area is 99.4 Å². The summed E-state index contributed by atoms with van der Waals surface area (Å²) in [6, 6.07) is 3.59. The Bertz CT molecular complexity index is 381. The number of nitrogens with zero attached hydrogens (tertiary/aromatic N) is 1. The average molecular weight is 237 g/mol. The normalized spacial score (nSPS) is 28.0. The second-order valence-electron chi connectivity index (χ2n) is 3.89. The van der Waals surface area contributed by atoms with Crippen LogP contribution in [0, 0.1) is 5.92 Å². The van der Waals surface area contributed by atoms with E-state index in [-0.39, 0.29) is 6.61 Å². The predicted octanol–water partition coefficient (Wildman–Crippen LogP) is 0.693. The molecule has 5 nitrogen and oxygen atoms in total. The topological polar surface area (TPSA) is 68.7 Å². The fourth-order valence-corrected chi connectivity index (χ4v) is 1.98. The van der Waals surface area contributed by atoms with Crippen LogP contribution in [-0.2, 0) is 14.3 Å². The Morgan fingerprint density at radius 1 is 1.71 bits per heavy atom. The summed E-state index contributed by atoms with van der Waals surface area (Å²) in [6.07, 6.45) is 1.99. The summed E-state index contributed by atoms with van der Waals surface area (Å²) in [5.74, 6) is -1.09. The third kappa shape index (κ3) is 2.45. The Morgan fingerprint density at radius 3 is 3.18 bits per heavy atom. The van der Waals surface area contributed by atoms with E-state index in [1.807, 2.05) is 6.07 Å². The molecule has 5 heteroatoms. The molecule has 3 atom stereocenters. The summed E-state index contributed by atoms with van der Waals surface area (Å²) >= 11 is 0. The van der Waals surface area contributed by atoms with E-state index in [1.54, 1.807) is 25.4 Å². The quantitative estimate of drug-likeness (QED) is 0.783. The zero-order valence-corrected chi connectivity index (χ0v) is 9.57. The summed E-state index contributed by atoms with van der Waals surface area (Å²) in [7, 11) is 0. The molecule has 1 fully saturated rings.